The minimum absolute atomic E-state index is 0.441. The van der Waals surface area contributed by atoms with Gasteiger partial charge in [-0.05, 0) is 49.9 Å². The third-order valence-corrected chi connectivity index (χ3v) is 4.87. The van der Waals surface area contributed by atoms with E-state index in [1.807, 2.05) is 6.07 Å². The maximum Gasteiger partial charge on any atom is 0.161 e. The normalized spacial score (nSPS) is 26.3. The van der Waals surface area contributed by atoms with Crippen LogP contribution in [0.25, 0.3) is 0 Å². The maximum absolute atomic E-state index is 5.46. The highest BCUT2D eigenvalue weighted by Crippen LogP contribution is 2.42. The first-order valence-corrected chi connectivity index (χ1v) is 7.87. The topological polar surface area (TPSA) is 21.7 Å². The van der Waals surface area contributed by atoms with Gasteiger partial charge >= 0.3 is 0 Å². The van der Waals surface area contributed by atoms with Crippen molar-refractivity contribution >= 4 is 0 Å². The van der Waals surface area contributed by atoms with Crippen molar-refractivity contribution in [3.05, 3.63) is 35.9 Å². The Morgan fingerprint density at radius 2 is 1.90 bits per heavy atom. The first kappa shape index (κ1) is 14.5. The van der Waals surface area contributed by atoms with Crippen LogP contribution in [0.2, 0.25) is 0 Å². The van der Waals surface area contributed by atoms with Gasteiger partial charge in [0.05, 0.1) is 14.2 Å². The quantitative estimate of drug-likeness (QED) is 0.786. The summed E-state index contributed by atoms with van der Waals surface area (Å²) in [6.45, 7) is 5.48. The molecule has 2 heterocycles. The van der Waals surface area contributed by atoms with Gasteiger partial charge in [0.25, 0.3) is 0 Å². The molecule has 0 aliphatic carbocycles. The van der Waals surface area contributed by atoms with Crippen LogP contribution in [0.5, 0.6) is 11.5 Å². The smallest absolute Gasteiger partial charge is 0.161 e. The van der Waals surface area contributed by atoms with Gasteiger partial charge in [-0.15, -0.1) is 0 Å². The van der Waals surface area contributed by atoms with E-state index in [1.54, 1.807) is 14.2 Å². The van der Waals surface area contributed by atoms with Gasteiger partial charge in [0, 0.05) is 12.1 Å². The molecule has 21 heavy (non-hydrogen) atoms. The molecule has 1 aromatic rings. The summed E-state index contributed by atoms with van der Waals surface area (Å²) in [5.74, 6) is 1.62. The summed E-state index contributed by atoms with van der Waals surface area (Å²) >= 11 is 0. The molecule has 2 aliphatic rings. The lowest BCUT2D eigenvalue weighted by atomic mass is 9.83. The predicted molar refractivity (Wildman–Crippen MR) is 85.0 cm³/mol. The molecule has 0 aromatic heterocycles. The molecular weight excluding hydrogens is 262 g/mol. The highest BCUT2D eigenvalue weighted by Gasteiger charge is 2.34. The molecule has 2 fully saturated rings. The number of benzene rings is 1. The summed E-state index contributed by atoms with van der Waals surface area (Å²) < 4.78 is 10.8. The van der Waals surface area contributed by atoms with E-state index in [9.17, 15) is 0 Å². The summed E-state index contributed by atoms with van der Waals surface area (Å²) in [5.41, 5.74) is 2.71. The predicted octanol–water partition coefficient (Wildman–Crippen LogP) is 3.95. The molecule has 0 amide bonds. The fourth-order valence-corrected chi connectivity index (χ4v) is 3.83. The van der Waals surface area contributed by atoms with Gasteiger partial charge in [-0.25, -0.2) is 0 Å². The van der Waals surface area contributed by atoms with Gasteiger partial charge < -0.3 is 9.47 Å². The molecule has 3 rings (SSSR count). The Morgan fingerprint density at radius 1 is 1.10 bits per heavy atom. The molecule has 0 saturated carbocycles. The number of hydrogen-bond donors (Lipinski definition) is 0. The molecule has 2 aliphatic heterocycles. The van der Waals surface area contributed by atoms with Crippen molar-refractivity contribution in [3.63, 3.8) is 0 Å². The van der Waals surface area contributed by atoms with Crippen molar-refractivity contribution in [3.8, 4) is 11.5 Å². The largest absolute Gasteiger partial charge is 0.493 e. The Hall–Kier alpha value is -1.48. The Bertz CT molecular complexity index is 526. The van der Waals surface area contributed by atoms with E-state index in [4.69, 9.17) is 9.47 Å². The third kappa shape index (κ3) is 2.80. The molecule has 2 saturated heterocycles. The lowest BCUT2D eigenvalue weighted by molar-refractivity contribution is 0.0728. The van der Waals surface area contributed by atoms with Crippen molar-refractivity contribution in [1.29, 1.82) is 0 Å². The summed E-state index contributed by atoms with van der Waals surface area (Å²) in [6.07, 6.45) is 6.21. The molecule has 114 valence electrons. The first-order valence-electron chi connectivity index (χ1n) is 7.87. The second kappa shape index (κ2) is 6.10. The molecule has 0 N–H and O–H groups in total. The van der Waals surface area contributed by atoms with Gasteiger partial charge in [0.2, 0.25) is 0 Å². The maximum atomic E-state index is 5.46. The molecule has 0 spiro atoms. The number of nitrogens with zero attached hydrogens (tertiary/aromatic N) is 1. The van der Waals surface area contributed by atoms with Crippen molar-refractivity contribution < 1.29 is 9.47 Å². The van der Waals surface area contributed by atoms with Crippen LogP contribution >= 0.6 is 0 Å². The molecule has 3 nitrogen and oxygen atoms in total. The van der Waals surface area contributed by atoms with Crippen LogP contribution in [0.1, 0.15) is 43.7 Å². The number of piperidine rings is 2. The molecular formula is C18H25NO2. The van der Waals surface area contributed by atoms with E-state index in [1.165, 1.54) is 43.4 Å². The lowest BCUT2D eigenvalue weighted by Gasteiger charge is -2.46. The Labute approximate surface area is 127 Å². The van der Waals surface area contributed by atoms with Gasteiger partial charge in [-0.1, -0.05) is 24.6 Å². The highest BCUT2D eigenvalue weighted by molar-refractivity contribution is 5.44. The molecule has 0 bridgehead atoms. The van der Waals surface area contributed by atoms with Crippen molar-refractivity contribution in [1.82, 2.24) is 4.90 Å². The van der Waals surface area contributed by atoms with Gasteiger partial charge in [0.15, 0.2) is 11.5 Å². The van der Waals surface area contributed by atoms with Crippen LogP contribution in [0.4, 0.5) is 0 Å². The van der Waals surface area contributed by atoms with E-state index < -0.39 is 0 Å². The van der Waals surface area contributed by atoms with Crippen LogP contribution in [0, 0.1) is 0 Å². The summed E-state index contributed by atoms with van der Waals surface area (Å²) in [7, 11) is 3.38. The number of fused-ring (bicyclic) bond motifs is 1. The number of hydrogen-bond acceptors (Lipinski definition) is 3. The zero-order valence-corrected chi connectivity index (χ0v) is 13.1. The fraction of sp³-hybridized carbons (Fsp3) is 0.556. The Morgan fingerprint density at radius 3 is 2.67 bits per heavy atom. The van der Waals surface area contributed by atoms with Crippen LogP contribution in [0.3, 0.4) is 0 Å². The van der Waals surface area contributed by atoms with Gasteiger partial charge in [-0.2, -0.15) is 0 Å². The van der Waals surface area contributed by atoms with Crippen LogP contribution in [-0.2, 0) is 0 Å². The summed E-state index contributed by atoms with van der Waals surface area (Å²) in [5, 5.41) is 0. The van der Waals surface area contributed by atoms with E-state index in [0.717, 1.165) is 17.9 Å². The minimum Gasteiger partial charge on any atom is -0.493 e. The Kier molecular flexibility index (Phi) is 4.20. The fourth-order valence-electron chi connectivity index (χ4n) is 3.83. The summed E-state index contributed by atoms with van der Waals surface area (Å²) in [6, 6.07) is 7.45. The summed E-state index contributed by atoms with van der Waals surface area (Å²) in [4.78, 5) is 2.68. The van der Waals surface area contributed by atoms with E-state index in [2.05, 4.69) is 23.6 Å². The van der Waals surface area contributed by atoms with E-state index in [-0.39, 0.29) is 0 Å². The van der Waals surface area contributed by atoms with Crippen molar-refractivity contribution in [2.75, 3.05) is 20.8 Å². The first-order chi connectivity index (χ1) is 10.2. The standard InChI is InChI=1S/C18H25NO2/c1-13-10-15-6-4-5-9-19(15)16(11-13)14-7-8-17(20-2)18(12-14)21-3/h7-8,12,15-16H,1,4-6,9-11H2,2-3H3/t15-,16-/m0/s1. The zero-order valence-electron chi connectivity index (χ0n) is 13.1. The SMILES string of the molecule is C=C1C[C@@H]2CCCCN2[C@H](c2ccc(OC)c(OC)c2)C1. The molecule has 1 aromatic carbocycles. The van der Waals surface area contributed by atoms with Crippen LogP contribution in [0.15, 0.2) is 30.4 Å². The van der Waals surface area contributed by atoms with E-state index >= 15 is 0 Å². The zero-order chi connectivity index (χ0) is 14.8. The molecule has 3 heteroatoms. The van der Waals surface area contributed by atoms with Gasteiger partial charge in [-0.3, -0.25) is 4.90 Å². The highest BCUT2D eigenvalue weighted by atomic mass is 16.5. The number of ether oxygens (including phenoxy) is 2. The van der Waals surface area contributed by atoms with Crippen LogP contribution < -0.4 is 9.47 Å². The second-order valence-electron chi connectivity index (χ2n) is 6.18. The molecule has 2 atom stereocenters. The van der Waals surface area contributed by atoms with Gasteiger partial charge in [0.1, 0.15) is 0 Å². The second-order valence-corrected chi connectivity index (χ2v) is 6.18. The van der Waals surface area contributed by atoms with Crippen LogP contribution in [-0.4, -0.2) is 31.7 Å². The van der Waals surface area contributed by atoms with Crippen molar-refractivity contribution in [2.45, 2.75) is 44.2 Å². The minimum atomic E-state index is 0.441. The van der Waals surface area contributed by atoms with Crippen molar-refractivity contribution in [2.24, 2.45) is 0 Å². The lowest BCUT2D eigenvalue weighted by Crippen LogP contribution is -2.45. The molecule has 0 radical (unpaired) electrons. The van der Waals surface area contributed by atoms with E-state index in [0.29, 0.717) is 12.1 Å². The third-order valence-electron chi connectivity index (χ3n) is 4.87. The average Bonchev–Trinajstić information content (AvgIpc) is 2.53. The number of rotatable bonds is 3. The Balaban J connectivity index is 1.91. The average molecular weight is 287 g/mol. The monoisotopic (exact) mass is 287 g/mol. The molecule has 0 unspecified atom stereocenters. The number of methoxy groups -OCH3 is 2.